The third-order valence-corrected chi connectivity index (χ3v) is 3.06. The van der Waals surface area contributed by atoms with Crippen molar-refractivity contribution in [3.05, 3.63) is 0 Å². The lowest BCUT2D eigenvalue weighted by Crippen LogP contribution is -2.60. The van der Waals surface area contributed by atoms with Gasteiger partial charge < -0.3 is 20.7 Å². The van der Waals surface area contributed by atoms with Crippen LogP contribution >= 0.6 is 0 Å². The van der Waals surface area contributed by atoms with E-state index >= 15 is 0 Å². The third kappa shape index (κ3) is 2.17. The molecule has 3 N–H and O–H groups in total. The Labute approximate surface area is 94.1 Å². The van der Waals surface area contributed by atoms with Crippen molar-refractivity contribution in [1.82, 2.24) is 10.2 Å². The number of amides is 2. The minimum absolute atomic E-state index is 0.0946. The molecule has 0 aliphatic carbocycles. The molecule has 0 saturated carbocycles. The summed E-state index contributed by atoms with van der Waals surface area (Å²) >= 11 is 0. The van der Waals surface area contributed by atoms with Gasteiger partial charge >= 0.3 is 0 Å². The number of rotatable bonds is 2. The fourth-order valence-electron chi connectivity index (χ4n) is 2.18. The van der Waals surface area contributed by atoms with Gasteiger partial charge in [-0.15, -0.1) is 0 Å². The zero-order valence-corrected chi connectivity index (χ0v) is 9.15. The van der Waals surface area contributed by atoms with Crippen LogP contribution in [0.3, 0.4) is 0 Å². The van der Waals surface area contributed by atoms with Gasteiger partial charge in [-0.05, 0) is 12.8 Å². The SMILES string of the molecule is NC(=O)C1CNCCN1C(=O)C1CCCO1. The molecule has 0 aromatic rings. The van der Waals surface area contributed by atoms with E-state index in [1.165, 1.54) is 0 Å². The Morgan fingerprint density at radius 2 is 2.25 bits per heavy atom. The second kappa shape index (κ2) is 4.80. The summed E-state index contributed by atoms with van der Waals surface area (Å²) in [6.07, 6.45) is 1.28. The molecule has 2 aliphatic rings. The number of primary amides is 1. The molecule has 6 heteroatoms. The molecule has 16 heavy (non-hydrogen) atoms. The molecule has 90 valence electrons. The Morgan fingerprint density at radius 3 is 2.88 bits per heavy atom. The average Bonchev–Trinajstić information content (AvgIpc) is 2.81. The molecular formula is C10H17N3O3. The van der Waals surface area contributed by atoms with Crippen LogP contribution in [0.25, 0.3) is 0 Å². The van der Waals surface area contributed by atoms with Crippen molar-refractivity contribution in [2.45, 2.75) is 25.0 Å². The Morgan fingerprint density at radius 1 is 1.44 bits per heavy atom. The molecule has 0 radical (unpaired) electrons. The minimum atomic E-state index is -0.537. The summed E-state index contributed by atoms with van der Waals surface area (Å²) in [7, 11) is 0. The quantitative estimate of drug-likeness (QED) is 0.598. The van der Waals surface area contributed by atoms with Crippen molar-refractivity contribution >= 4 is 11.8 Å². The first kappa shape index (κ1) is 11.3. The number of piperazine rings is 1. The summed E-state index contributed by atoms with van der Waals surface area (Å²) in [5.74, 6) is -0.554. The van der Waals surface area contributed by atoms with Crippen LogP contribution in [0.5, 0.6) is 0 Å². The van der Waals surface area contributed by atoms with E-state index in [-0.39, 0.29) is 12.0 Å². The van der Waals surface area contributed by atoms with Gasteiger partial charge in [0, 0.05) is 26.2 Å². The summed E-state index contributed by atoms with van der Waals surface area (Å²) < 4.78 is 5.33. The molecule has 2 unspecified atom stereocenters. The van der Waals surface area contributed by atoms with E-state index < -0.39 is 11.9 Å². The van der Waals surface area contributed by atoms with Crippen molar-refractivity contribution in [2.24, 2.45) is 5.73 Å². The summed E-state index contributed by atoms with van der Waals surface area (Å²) in [5, 5.41) is 3.06. The Bertz CT molecular complexity index is 289. The van der Waals surface area contributed by atoms with Gasteiger partial charge in [0.1, 0.15) is 12.1 Å². The predicted octanol–water partition coefficient (Wildman–Crippen LogP) is -1.55. The van der Waals surface area contributed by atoms with E-state index in [0.29, 0.717) is 26.2 Å². The lowest BCUT2D eigenvalue weighted by Gasteiger charge is -2.35. The molecule has 0 aromatic carbocycles. The highest BCUT2D eigenvalue weighted by Crippen LogP contribution is 2.16. The maximum Gasteiger partial charge on any atom is 0.252 e. The number of ether oxygens (including phenoxy) is 1. The largest absolute Gasteiger partial charge is 0.368 e. The van der Waals surface area contributed by atoms with Gasteiger partial charge in [-0.25, -0.2) is 0 Å². The second-order valence-electron chi connectivity index (χ2n) is 4.16. The first-order chi connectivity index (χ1) is 7.70. The molecule has 2 rings (SSSR count). The number of carbonyl (C=O) groups excluding carboxylic acids is 2. The summed E-state index contributed by atoms with van der Waals surface area (Å²) in [6.45, 7) is 2.28. The van der Waals surface area contributed by atoms with Crippen LogP contribution in [0.2, 0.25) is 0 Å². The molecule has 2 fully saturated rings. The summed E-state index contributed by atoms with van der Waals surface area (Å²) in [6, 6.07) is -0.537. The molecule has 0 aromatic heterocycles. The van der Waals surface area contributed by atoms with Crippen LogP contribution in [0.1, 0.15) is 12.8 Å². The highest BCUT2D eigenvalue weighted by Gasteiger charge is 2.35. The maximum atomic E-state index is 12.1. The van der Waals surface area contributed by atoms with Crippen molar-refractivity contribution in [1.29, 1.82) is 0 Å². The summed E-state index contributed by atoms with van der Waals surface area (Å²) in [4.78, 5) is 24.9. The molecule has 2 amide bonds. The van der Waals surface area contributed by atoms with Crippen LogP contribution in [-0.2, 0) is 14.3 Å². The number of nitrogens with zero attached hydrogens (tertiary/aromatic N) is 1. The van der Waals surface area contributed by atoms with E-state index in [4.69, 9.17) is 10.5 Å². The fourth-order valence-corrected chi connectivity index (χ4v) is 2.18. The molecule has 2 heterocycles. The number of carbonyl (C=O) groups is 2. The van der Waals surface area contributed by atoms with Crippen molar-refractivity contribution in [3.8, 4) is 0 Å². The van der Waals surface area contributed by atoms with E-state index in [1.54, 1.807) is 4.90 Å². The van der Waals surface area contributed by atoms with Crippen LogP contribution in [0.15, 0.2) is 0 Å². The molecule has 0 bridgehead atoms. The van der Waals surface area contributed by atoms with Gasteiger partial charge in [-0.3, -0.25) is 9.59 Å². The molecule has 0 spiro atoms. The lowest BCUT2D eigenvalue weighted by atomic mass is 10.1. The van der Waals surface area contributed by atoms with Gasteiger partial charge in [0.05, 0.1) is 0 Å². The molecular weight excluding hydrogens is 210 g/mol. The van der Waals surface area contributed by atoms with Crippen molar-refractivity contribution < 1.29 is 14.3 Å². The Kier molecular flexibility index (Phi) is 3.40. The smallest absolute Gasteiger partial charge is 0.252 e. The number of nitrogens with one attached hydrogen (secondary N) is 1. The van der Waals surface area contributed by atoms with Gasteiger partial charge in [-0.2, -0.15) is 0 Å². The van der Waals surface area contributed by atoms with E-state index in [1.807, 2.05) is 0 Å². The topological polar surface area (TPSA) is 84.7 Å². The molecule has 2 aliphatic heterocycles. The third-order valence-electron chi connectivity index (χ3n) is 3.06. The van der Waals surface area contributed by atoms with Crippen LogP contribution in [-0.4, -0.2) is 55.1 Å². The molecule has 2 saturated heterocycles. The zero-order chi connectivity index (χ0) is 11.5. The fraction of sp³-hybridized carbons (Fsp3) is 0.800. The Balaban J connectivity index is 2.04. The van der Waals surface area contributed by atoms with Crippen molar-refractivity contribution in [3.63, 3.8) is 0 Å². The maximum absolute atomic E-state index is 12.1. The monoisotopic (exact) mass is 227 g/mol. The van der Waals surface area contributed by atoms with Crippen LogP contribution in [0, 0.1) is 0 Å². The highest BCUT2D eigenvalue weighted by molar-refractivity contribution is 5.89. The van der Waals surface area contributed by atoms with Gasteiger partial charge in [-0.1, -0.05) is 0 Å². The van der Waals surface area contributed by atoms with E-state index in [0.717, 1.165) is 12.8 Å². The number of hydrogen-bond donors (Lipinski definition) is 2. The molecule has 6 nitrogen and oxygen atoms in total. The lowest BCUT2D eigenvalue weighted by molar-refractivity contribution is -0.148. The number of nitrogens with two attached hydrogens (primary N) is 1. The van der Waals surface area contributed by atoms with E-state index in [2.05, 4.69) is 5.32 Å². The first-order valence-corrected chi connectivity index (χ1v) is 5.62. The Hall–Kier alpha value is -1.14. The van der Waals surface area contributed by atoms with Gasteiger partial charge in [0.2, 0.25) is 5.91 Å². The first-order valence-electron chi connectivity index (χ1n) is 5.62. The van der Waals surface area contributed by atoms with Crippen LogP contribution < -0.4 is 11.1 Å². The van der Waals surface area contributed by atoms with Gasteiger partial charge in [0.25, 0.3) is 5.91 Å². The van der Waals surface area contributed by atoms with Crippen molar-refractivity contribution in [2.75, 3.05) is 26.2 Å². The zero-order valence-electron chi connectivity index (χ0n) is 9.15. The van der Waals surface area contributed by atoms with Gasteiger partial charge in [0.15, 0.2) is 0 Å². The van der Waals surface area contributed by atoms with Crippen LogP contribution in [0.4, 0.5) is 0 Å². The average molecular weight is 227 g/mol. The summed E-state index contributed by atoms with van der Waals surface area (Å²) in [5.41, 5.74) is 5.28. The minimum Gasteiger partial charge on any atom is -0.368 e. The molecule has 2 atom stereocenters. The second-order valence-corrected chi connectivity index (χ2v) is 4.16. The standard InChI is InChI=1S/C10H17N3O3/c11-9(14)7-6-12-3-4-13(7)10(15)8-2-1-5-16-8/h7-8,12H,1-6H2,(H2,11,14). The van der Waals surface area contributed by atoms with E-state index in [9.17, 15) is 9.59 Å². The predicted molar refractivity (Wildman–Crippen MR) is 56.5 cm³/mol. The number of hydrogen-bond acceptors (Lipinski definition) is 4. The normalized spacial score (nSPS) is 30.4. The highest BCUT2D eigenvalue weighted by atomic mass is 16.5.